The molecule has 2 aromatic carbocycles. The summed E-state index contributed by atoms with van der Waals surface area (Å²) in [5, 5.41) is 0.369. The Morgan fingerprint density at radius 2 is 2.12 bits per heavy atom. The number of ether oxygens (including phenoxy) is 1. The second-order valence-corrected chi connectivity index (χ2v) is 8.04. The van der Waals surface area contributed by atoms with Crippen LogP contribution in [0.15, 0.2) is 47.4 Å². The lowest BCUT2D eigenvalue weighted by Gasteiger charge is -2.08. The van der Waals surface area contributed by atoms with Gasteiger partial charge in [-0.05, 0) is 49.2 Å². The molecular weight excluding hydrogens is 362 g/mol. The molecule has 1 atom stereocenters. The van der Waals surface area contributed by atoms with E-state index in [1.54, 1.807) is 30.3 Å². The van der Waals surface area contributed by atoms with Gasteiger partial charge in [0.2, 0.25) is 0 Å². The summed E-state index contributed by atoms with van der Waals surface area (Å²) in [4.78, 5) is 7.86. The van der Waals surface area contributed by atoms with Crippen LogP contribution in [-0.4, -0.2) is 25.0 Å². The van der Waals surface area contributed by atoms with Gasteiger partial charge in [-0.2, -0.15) is 0 Å². The van der Waals surface area contributed by atoms with Crippen LogP contribution in [-0.2, 0) is 14.8 Å². The predicted molar refractivity (Wildman–Crippen MR) is 96.3 cm³/mol. The van der Waals surface area contributed by atoms with Crippen LogP contribution < -0.4 is 4.72 Å². The van der Waals surface area contributed by atoms with E-state index in [9.17, 15) is 8.42 Å². The molecule has 1 aliphatic heterocycles. The lowest BCUT2D eigenvalue weighted by molar-refractivity contribution is 0.106. The average Bonchev–Trinajstić information content (AvgIpc) is 3.23. The summed E-state index contributed by atoms with van der Waals surface area (Å²) in [6, 6.07) is 11.3. The Kier molecular flexibility index (Phi) is 4.15. The van der Waals surface area contributed by atoms with Crippen molar-refractivity contribution in [2.24, 2.45) is 0 Å². The first-order chi connectivity index (χ1) is 12.0. The van der Waals surface area contributed by atoms with Gasteiger partial charge in [-0.25, -0.2) is 13.4 Å². The van der Waals surface area contributed by atoms with Crippen molar-refractivity contribution >= 4 is 38.3 Å². The van der Waals surface area contributed by atoms with E-state index >= 15 is 0 Å². The summed E-state index contributed by atoms with van der Waals surface area (Å²) in [7, 11) is -3.71. The number of halogens is 1. The second kappa shape index (κ2) is 6.33. The molecule has 8 heteroatoms. The summed E-state index contributed by atoms with van der Waals surface area (Å²) in [6.07, 6.45) is 1.94. The maximum atomic E-state index is 12.5. The van der Waals surface area contributed by atoms with Crippen LogP contribution in [0.4, 0.5) is 5.69 Å². The predicted octanol–water partition coefficient (Wildman–Crippen LogP) is 3.87. The van der Waals surface area contributed by atoms with E-state index < -0.39 is 10.0 Å². The number of sulfonamides is 1. The molecule has 0 spiro atoms. The topological polar surface area (TPSA) is 84.1 Å². The van der Waals surface area contributed by atoms with Crippen molar-refractivity contribution in [3.8, 4) is 0 Å². The van der Waals surface area contributed by atoms with Crippen molar-refractivity contribution in [1.29, 1.82) is 0 Å². The molecule has 1 saturated heterocycles. The largest absolute Gasteiger partial charge is 0.370 e. The molecule has 4 rings (SSSR count). The average molecular weight is 378 g/mol. The summed E-state index contributed by atoms with van der Waals surface area (Å²) in [5.41, 5.74) is 1.99. The van der Waals surface area contributed by atoms with E-state index in [4.69, 9.17) is 16.3 Å². The third-order valence-corrected chi connectivity index (χ3v) is 5.71. The fourth-order valence-electron chi connectivity index (χ4n) is 2.89. The minimum Gasteiger partial charge on any atom is -0.370 e. The molecular formula is C17H16ClN3O3S. The van der Waals surface area contributed by atoms with E-state index in [-0.39, 0.29) is 11.0 Å². The van der Waals surface area contributed by atoms with Gasteiger partial charge in [0.1, 0.15) is 11.9 Å². The number of hydrogen-bond donors (Lipinski definition) is 2. The zero-order valence-corrected chi connectivity index (χ0v) is 14.8. The van der Waals surface area contributed by atoms with Gasteiger partial charge in [0.25, 0.3) is 10.0 Å². The second-order valence-electron chi connectivity index (χ2n) is 5.92. The van der Waals surface area contributed by atoms with Crippen molar-refractivity contribution in [3.63, 3.8) is 0 Å². The minimum absolute atomic E-state index is 0.0148. The summed E-state index contributed by atoms with van der Waals surface area (Å²) >= 11 is 5.88. The number of fused-ring (bicyclic) bond motifs is 1. The molecule has 0 amide bonds. The Balaban J connectivity index is 1.63. The van der Waals surface area contributed by atoms with Crippen molar-refractivity contribution in [1.82, 2.24) is 9.97 Å². The highest BCUT2D eigenvalue weighted by Crippen LogP contribution is 2.29. The van der Waals surface area contributed by atoms with Crippen LogP contribution in [0.25, 0.3) is 11.0 Å². The maximum absolute atomic E-state index is 12.5. The highest BCUT2D eigenvalue weighted by molar-refractivity contribution is 7.92. The summed E-state index contributed by atoms with van der Waals surface area (Å²) in [5.74, 6) is 0.780. The summed E-state index contributed by atoms with van der Waals surface area (Å²) < 4.78 is 33.2. The molecule has 1 fully saturated rings. The smallest absolute Gasteiger partial charge is 0.261 e. The molecule has 0 saturated carbocycles. The lowest BCUT2D eigenvalue weighted by atomic mass is 10.2. The van der Waals surface area contributed by atoms with Gasteiger partial charge in [-0.3, -0.25) is 4.72 Å². The van der Waals surface area contributed by atoms with Gasteiger partial charge >= 0.3 is 0 Å². The number of rotatable bonds is 4. The van der Waals surface area contributed by atoms with E-state index in [1.807, 2.05) is 0 Å². The Morgan fingerprint density at radius 3 is 2.88 bits per heavy atom. The quantitative estimate of drug-likeness (QED) is 0.722. The maximum Gasteiger partial charge on any atom is 0.261 e. The molecule has 130 valence electrons. The standard InChI is InChI=1S/C17H16ClN3O3S/c18-11-3-1-4-13(9-11)25(22,23)21-12-6-7-14-15(10-12)20-17(19-14)16-5-2-8-24-16/h1,3-4,6-7,9-10,16,21H,2,5,8H2,(H,19,20). The first-order valence-corrected chi connectivity index (χ1v) is 9.77. The van der Waals surface area contributed by atoms with Crippen LogP contribution in [0, 0.1) is 0 Å². The fraction of sp³-hybridized carbons (Fsp3) is 0.235. The Morgan fingerprint density at radius 1 is 1.24 bits per heavy atom. The molecule has 3 aromatic rings. The molecule has 2 N–H and O–H groups in total. The number of nitrogens with one attached hydrogen (secondary N) is 2. The van der Waals surface area contributed by atoms with E-state index in [0.717, 1.165) is 36.3 Å². The Hall–Kier alpha value is -2.09. The van der Waals surface area contributed by atoms with Gasteiger partial charge < -0.3 is 9.72 Å². The van der Waals surface area contributed by atoms with Crippen LogP contribution in [0.5, 0.6) is 0 Å². The molecule has 2 heterocycles. The van der Waals surface area contributed by atoms with Crippen LogP contribution in [0.3, 0.4) is 0 Å². The lowest BCUT2D eigenvalue weighted by Crippen LogP contribution is -2.12. The normalized spacial score (nSPS) is 17.9. The highest BCUT2D eigenvalue weighted by Gasteiger charge is 2.21. The summed E-state index contributed by atoms with van der Waals surface area (Å²) in [6.45, 7) is 0.742. The van der Waals surface area contributed by atoms with Crippen LogP contribution >= 0.6 is 11.6 Å². The van der Waals surface area contributed by atoms with Gasteiger partial charge in [0, 0.05) is 11.6 Å². The molecule has 0 aliphatic carbocycles. The number of anilines is 1. The minimum atomic E-state index is -3.71. The Labute approximate surface area is 150 Å². The van der Waals surface area contributed by atoms with E-state index in [0.29, 0.717) is 10.7 Å². The third-order valence-electron chi connectivity index (χ3n) is 4.09. The monoisotopic (exact) mass is 377 g/mol. The van der Waals surface area contributed by atoms with Crippen molar-refractivity contribution in [3.05, 3.63) is 53.3 Å². The highest BCUT2D eigenvalue weighted by atomic mass is 35.5. The van der Waals surface area contributed by atoms with E-state index in [2.05, 4.69) is 14.7 Å². The molecule has 1 aliphatic rings. The molecule has 1 unspecified atom stereocenters. The van der Waals surface area contributed by atoms with Gasteiger partial charge in [-0.1, -0.05) is 17.7 Å². The van der Waals surface area contributed by atoms with Crippen LogP contribution in [0.2, 0.25) is 5.02 Å². The third kappa shape index (κ3) is 3.35. The van der Waals surface area contributed by atoms with Crippen molar-refractivity contribution in [2.45, 2.75) is 23.8 Å². The van der Waals surface area contributed by atoms with Gasteiger partial charge in [0.15, 0.2) is 0 Å². The van der Waals surface area contributed by atoms with Crippen molar-refractivity contribution < 1.29 is 13.2 Å². The number of aromatic nitrogens is 2. The number of benzene rings is 2. The zero-order chi connectivity index (χ0) is 17.4. The molecule has 6 nitrogen and oxygen atoms in total. The zero-order valence-electron chi connectivity index (χ0n) is 13.2. The van der Waals surface area contributed by atoms with Crippen LogP contribution in [0.1, 0.15) is 24.8 Å². The molecule has 0 radical (unpaired) electrons. The molecule has 0 bridgehead atoms. The number of nitrogens with zero attached hydrogens (tertiary/aromatic N) is 1. The SMILES string of the molecule is O=S(=O)(Nc1ccc2nc(C3CCCO3)[nH]c2c1)c1cccc(Cl)c1. The van der Waals surface area contributed by atoms with E-state index in [1.165, 1.54) is 12.1 Å². The number of aromatic amines is 1. The molecule has 1 aromatic heterocycles. The fourth-order valence-corrected chi connectivity index (χ4v) is 4.24. The van der Waals surface area contributed by atoms with Crippen molar-refractivity contribution in [2.75, 3.05) is 11.3 Å². The number of H-pyrrole nitrogens is 1. The number of imidazole rings is 1. The van der Waals surface area contributed by atoms with Gasteiger partial charge in [0.05, 0.1) is 21.6 Å². The first kappa shape index (κ1) is 16.4. The van der Waals surface area contributed by atoms with Gasteiger partial charge in [-0.15, -0.1) is 0 Å². The number of hydrogen-bond acceptors (Lipinski definition) is 4. The molecule has 25 heavy (non-hydrogen) atoms. The first-order valence-electron chi connectivity index (χ1n) is 7.91. The Bertz CT molecular complexity index is 1030.